The van der Waals surface area contributed by atoms with Gasteiger partial charge in [-0.25, -0.2) is 4.39 Å². The van der Waals surface area contributed by atoms with E-state index in [1.54, 1.807) is 0 Å². The fraction of sp³-hybridized carbons (Fsp3) is 0.542. The Morgan fingerprint density at radius 1 is 1.17 bits per heavy atom. The van der Waals surface area contributed by atoms with Gasteiger partial charge in [-0.1, -0.05) is 19.3 Å². The van der Waals surface area contributed by atoms with Gasteiger partial charge in [-0.15, -0.1) is 0 Å². The van der Waals surface area contributed by atoms with E-state index < -0.39 is 0 Å². The molecule has 0 spiro atoms. The Bertz CT molecular complexity index is 824. The molecule has 5 nitrogen and oxygen atoms in total. The number of carbonyl (C=O) groups is 1. The average molecular weight is 414 g/mol. The summed E-state index contributed by atoms with van der Waals surface area (Å²) in [6, 6.07) is 4.72. The maximum absolute atomic E-state index is 14.5. The summed E-state index contributed by atoms with van der Waals surface area (Å²) in [5, 5.41) is 3.33. The normalized spacial score (nSPS) is 20.3. The highest BCUT2D eigenvalue weighted by molar-refractivity contribution is 5.96. The van der Waals surface area contributed by atoms with E-state index in [-0.39, 0.29) is 11.7 Å². The number of ether oxygens (including phenoxy) is 1. The molecule has 1 aromatic rings. The summed E-state index contributed by atoms with van der Waals surface area (Å²) >= 11 is 0. The molecule has 4 rings (SSSR count). The van der Waals surface area contributed by atoms with E-state index >= 15 is 0 Å². The molecular formula is C24H32FN3O2. The Balaban J connectivity index is 1.61. The number of nitrogens with zero attached hydrogens (tertiary/aromatic N) is 2. The van der Waals surface area contributed by atoms with Crippen molar-refractivity contribution in [1.82, 2.24) is 10.2 Å². The number of halogens is 1. The van der Waals surface area contributed by atoms with Gasteiger partial charge in [-0.3, -0.25) is 4.79 Å². The molecule has 1 N–H and O–H groups in total. The second-order valence-electron chi connectivity index (χ2n) is 8.58. The van der Waals surface area contributed by atoms with Gasteiger partial charge in [0.1, 0.15) is 5.82 Å². The predicted octanol–water partition coefficient (Wildman–Crippen LogP) is 4.08. The highest BCUT2D eigenvalue weighted by atomic mass is 19.1. The van der Waals surface area contributed by atoms with Gasteiger partial charge in [0, 0.05) is 42.3 Å². The molecule has 0 aromatic heterocycles. The third kappa shape index (κ3) is 5.04. The van der Waals surface area contributed by atoms with Gasteiger partial charge in [0.15, 0.2) is 0 Å². The van der Waals surface area contributed by atoms with Crippen molar-refractivity contribution in [2.75, 3.05) is 44.3 Å². The van der Waals surface area contributed by atoms with Crippen LogP contribution < -0.4 is 10.2 Å². The zero-order valence-electron chi connectivity index (χ0n) is 17.8. The molecule has 3 aliphatic rings. The topological polar surface area (TPSA) is 44.8 Å². The summed E-state index contributed by atoms with van der Waals surface area (Å²) in [6.45, 7) is 6.00. The second-order valence-corrected chi connectivity index (χ2v) is 8.58. The zero-order valence-corrected chi connectivity index (χ0v) is 17.8. The van der Waals surface area contributed by atoms with Gasteiger partial charge in [-0.05, 0) is 56.0 Å². The number of carbonyl (C=O) groups excluding carboxylic acids is 1. The van der Waals surface area contributed by atoms with Crippen molar-refractivity contribution in [3.8, 4) is 0 Å². The van der Waals surface area contributed by atoms with Crippen molar-refractivity contribution in [1.29, 1.82) is 0 Å². The van der Waals surface area contributed by atoms with Crippen LogP contribution >= 0.6 is 0 Å². The van der Waals surface area contributed by atoms with Crippen LogP contribution in [0, 0.1) is 11.7 Å². The molecule has 1 saturated carbocycles. The van der Waals surface area contributed by atoms with Crippen molar-refractivity contribution in [3.05, 3.63) is 53.1 Å². The quantitative estimate of drug-likeness (QED) is 0.790. The first-order valence-electron chi connectivity index (χ1n) is 11.2. The number of dihydropyridines is 1. The Morgan fingerprint density at radius 2 is 1.93 bits per heavy atom. The van der Waals surface area contributed by atoms with Crippen molar-refractivity contribution >= 4 is 11.6 Å². The molecule has 6 heteroatoms. The molecule has 1 aliphatic carbocycles. The van der Waals surface area contributed by atoms with E-state index in [9.17, 15) is 9.18 Å². The molecule has 30 heavy (non-hydrogen) atoms. The number of morpholine rings is 1. The summed E-state index contributed by atoms with van der Waals surface area (Å²) in [4.78, 5) is 17.6. The molecule has 162 valence electrons. The Labute approximate surface area is 178 Å². The van der Waals surface area contributed by atoms with Crippen LogP contribution in [-0.2, 0) is 4.74 Å². The lowest BCUT2D eigenvalue weighted by Crippen LogP contribution is -2.40. The number of nitrogens with one attached hydrogen (secondary N) is 1. The van der Waals surface area contributed by atoms with Crippen molar-refractivity contribution in [2.45, 2.75) is 39.0 Å². The molecule has 0 atom stereocenters. The molecule has 1 amide bonds. The van der Waals surface area contributed by atoms with E-state index in [1.807, 2.05) is 30.0 Å². The minimum absolute atomic E-state index is 0.115. The van der Waals surface area contributed by atoms with Crippen LogP contribution in [0.4, 0.5) is 10.1 Å². The lowest BCUT2D eigenvalue weighted by atomic mass is 9.88. The number of benzene rings is 1. The van der Waals surface area contributed by atoms with Gasteiger partial charge < -0.3 is 19.9 Å². The third-order valence-electron chi connectivity index (χ3n) is 6.34. The molecule has 1 aromatic carbocycles. The Morgan fingerprint density at radius 3 is 2.63 bits per heavy atom. The summed E-state index contributed by atoms with van der Waals surface area (Å²) < 4.78 is 19.9. The number of anilines is 1. The monoisotopic (exact) mass is 413 g/mol. The molecular weight excluding hydrogens is 381 g/mol. The fourth-order valence-electron chi connectivity index (χ4n) is 4.57. The first-order valence-corrected chi connectivity index (χ1v) is 11.2. The summed E-state index contributed by atoms with van der Waals surface area (Å²) in [6.07, 6.45) is 10.1. The van der Waals surface area contributed by atoms with E-state index in [2.05, 4.69) is 10.2 Å². The number of allylic oxidation sites excluding steroid dienone is 3. The average Bonchev–Trinajstić information content (AvgIpc) is 2.78. The minimum Gasteiger partial charge on any atom is -0.383 e. The summed E-state index contributed by atoms with van der Waals surface area (Å²) in [5.41, 5.74) is 3.21. The lowest BCUT2D eigenvalue weighted by Gasteiger charge is -2.33. The summed E-state index contributed by atoms with van der Waals surface area (Å²) in [7, 11) is 0. The fourth-order valence-corrected chi connectivity index (χ4v) is 4.57. The van der Waals surface area contributed by atoms with Crippen LogP contribution in [0.25, 0.3) is 0 Å². The van der Waals surface area contributed by atoms with Gasteiger partial charge in [0.25, 0.3) is 5.91 Å². The van der Waals surface area contributed by atoms with Gasteiger partial charge in [-0.2, -0.15) is 0 Å². The van der Waals surface area contributed by atoms with Crippen LogP contribution in [-0.4, -0.2) is 50.2 Å². The van der Waals surface area contributed by atoms with E-state index in [4.69, 9.17) is 4.74 Å². The highest BCUT2D eigenvalue weighted by Crippen LogP contribution is 2.28. The smallest absolute Gasteiger partial charge is 0.258 e. The van der Waals surface area contributed by atoms with Gasteiger partial charge >= 0.3 is 0 Å². The molecule has 1 saturated heterocycles. The van der Waals surface area contributed by atoms with Crippen molar-refractivity contribution < 1.29 is 13.9 Å². The molecule has 0 unspecified atom stereocenters. The van der Waals surface area contributed by atoms with Gasteiger partial charge in [0.05, 0.1) is 19.8 Å². The van der Waals surface area contributed by atoms with Gasteiger partial charge in [0.2, 0.25) is 0 Å². The zero-order chi connectivity index (χ0) is 20.9. The van der Waals surface area contributed by atoms with E-state index in [0.717, 1.165) is 29.9 Å². The van der Waals surface area contributed by atoms with Crippen LogP contribution in [0.3, 0.4) is 0 Å². The molecule has 2 aliphatic heterocycles. The Kier molecular flexibility index (Phi) is 6.72. The summed E-state index contributed by atoms with van der Waals surface area (Å²) in [5.74, 6) is 0.0184. The molecule has 2 fully saturated rings. The number of hydrogen-bond acceptors (Lipinski definition) is 4. The minimum atomic E-state index is -0.369. The Hall–Kier alpha value is -2.34. The third-order valence-corrected chi connectivity index (χ3v) is 6.34. The number of hydrogen-bond donors (Lipinski definition) is 1. The van der Waals surface area contributed by atoms with E-state index in [0.29, 0.717) is 50.9 Å². The maximum atomic E-state index is 14.5. The standard InChI is InChI=1S/C24H32FN3O2/c1-18-7-8-22(16-26-18)28(17-19-5-3-2-4-6-19)24(29)20-13-21(25)15-23(14-20)27-9-11-30-12-10-27/h7-8,13-15,19,26H,2-6,9-12,16-17H2,1H3. The predicted molar refractivity (Wildman–Crippen MR) is 117 cm³/mol. The van der Waals surface area contributed by atoms with Crippen molar-refractivity contribution in [3.63, 3.8) is 0 Å². The largest absolute Gasteiger partial charge is 0.383 e. The maximum Gasteiger partial charge on any atom is 0.258 e. The SMILES string of the molecule is CC1=CC=C(N(CC2CCCCC2)C(=O)c2cc(F)cc(N3CCOCC3)c2)CN1. The molecule has 0 radical (unpaired) electrons. The van der Waals surface area contributed by atoms with Crippen LogP contribution in [0.5, 0.6) is 0 Å². The number of amides is 1. The van der Waals surface area contributed by atoms with Crippen LogP contribution in [0.2, 0.25) is 0 Å². The van der Waals surface area contributed by atoms with Crippen molar-refractivity contribution in [2.24, 2.45) is 5.92 Å². The second kappa shape index (κ2) is 9.65. The highest BCUT2D eigenvalue weighted by Gasteiger charge is 2.26. The van der Waals surface area contributed by atoms with Crippen LogP contribution in [0.15, 0.2) is 41.7 Å². The first kappa shape index (κ1) is 20.9. The lowest BCUT2D eigenvalue weighted by molar-refractivity contribution is 0.0768. The number of rotatable bonds is 5. The molecule has 2 heterocycles. The molecule has 0 bridgehead atoms. The first-order chi connectivity index (χ1) is 14.6. The van der Waals surface area contributed by atoms with E-state index in [1.165, 1.54) is 31.4 Å². The van der Waals surface area contributed by atoms with Crippen LogP contribution in [0.1, 0.15) is 49.4 Å².